The van der Waals surface area contributed by atoms with E-state index >= 15 is 0 Å². The molecule has 0 amide bonds. The molecule has 0 fully saturated rings. The highest BCUT2D eigenvalue weighted by molar-refractivity contribution is 5.94. The Morgan fingerprint density at radius 3 is 3.00 bits per heavy atom. The summed E-state index contributed by atoms with van der Waals surface area (Å²) < 4.78 is 0. The highest BCUT2D eigenvalue weighted by atomic mass is 16.1. The zero-order chi connectivity index (χ0) is 7.56. The fourth-order valence-electron chi connectivity index (χ4n) is 0.669. The average Bonchev–Trinajstić information content (AvgIpc) is 2.34. The summed E-state index contributed by atoms with van der Waals surface area (Å²) >= 11 is 0. The Morgan fingerprint density at radius 2 is 2.60 bits per heavy atom. The predicted octanol–water partition coefficient (Wildman–Crippen LogP) is 0.585. The Balaban J connectivity index is 2.85. The number of aromatic nitrogens is 2. The van der Waals surface area contributed by atoms with Gasteiger partial charge in [0.05, 0.1) is 6.20 Å². The second-order valence-electron chi connectivity index (χ2n) is 1.96. The van der Waals surface area contributed by atoms with E-state index in [0.29, 0.717) is 12.1 Å². The number of H-pyrrole nitrogens is 1. The number of nitrogens with two attached hydrogens (primary N) is 1. The third-order valence-corrected chi connectivity index (χ3v) is 1.22. The van der Waals surface area contributed by atoms with Gasteiger partial charge in [0, 0.05) is 6.42 Å². The van der Waals surface area contributed by atoms with Gasteiger partial charge in [-0.05, 0) is 0 Å². The normalized spacial score (nSPS) is 9.70. The van der Waals surface area contributed by atoms with Gasteiger partial charge in [-0.1, -0.05) is 6.92 Å². The topological polar surface area (TPSA) is 71.8 Å². The molecule has 0 unspecified atom stereocenters. The summed E-state index contributed by atoms with van der Waals surface area (Å²) in [6.07, 6.45) is 1.92. The molecule has 0 saturated carbocycles. The standard InChI is InChI=1S/C6H9N3O/c1-2-5(10)4-3-8-6(7)9-4/h3H,2H2,1H3,(H3,7,8,9). The lowest BCUT2D eigenvalue weighted by atomic mass is 10.2. The summed E-state index contributed by atoms with van der Waals surface area (Å²) in [6, 6.07) is 0. The minimum atomic E-state index is 0.0317. The molecule has 1 rings (SSSR count). The Kier molecular flexibility index (Phi) is 1.71. The number of Topliss-reactive ketones (excluding diaryl/α,β-unsaturated/α-hetero) is 1. The smallest absolute Gasteiger partial charge is 0.197 e. The van der Waals surface area contributed by atoms with Crippen LogP contribution in [0, 0.1) is 0 Å². The molecule has 1 aromatic heterocycles. The van der Waals surface area contributed by atoms with Gasteiger partial charge in [0.1, 0.15) is 5.69 Å². The van der Waals surface area contributed by atoms with E-state index in [-0.39, 0.29) is 11.7 Å². The van der Waals surface area contributed by atoms with Crippen LogP contribution in [0.5, 0.6) is 0 Å². The third-order valence-electron chi connectivity index (χ3n) is 1.22. The number of hydrogen-bond acceptors (Lipinski definition) is 3. The number of imidazole rings is 1. The molecule has 3 N–H and O–H groups in total. The second-order valence-corrected chi connectivity index (χ2v) is 1.96. The molecule has 0 aromatic carbocycles. The first kappa shape index (κ1) is 6.80. The van der Waals surface area contributed by atoms with Crippen molar-refractivity contribution in [1.29, 1.82) is 0 Å². The summed E-state index contributed by atoms with van der Waals surface area (Å²) in [4.78, 5) is 17.2. The van der Waals surface area contributed by atoms with Gasteiger partial charge in [-0.15, -0.1) is 0 Å². The second kappa shape index (κ2) is 2.51. The van der Waals surface area contributed by atoms with Crippen molar-refractivity contribution in [2.75, 3.05) is 5.73 Å². The lowest BCUT2D eigenvalue weighted by Crippen LogP contribution is -1.96. The van der Waals surface area contributed by atoms with Crippen LogP contribution in [-0.4, -0.2) is 15.8 Å². The summed E-state index contributed by atoms with van der Waals surface area (Å²) in [5.74, 6) is 0.320. The van der Waals surface area contributed by atoms with Gasteiger partial charge in [0.25, 0.3) is 0 Å². The maximum atomic E-state index is 10.9. The Labute approximate surface area is 58.5 Å². The quantitative estimate of drug-likeness (QED) is 0.589. The minimum absolute atomic E-state index is 0.0317. The monoisotopic (exact) mass is 139 g/mol. The molecule has 0 aliphatic carbocycles. The van der Waals surface area contributed by atoms with E-state index in [1.165, 1.54) is 6.20 Å². The van der Waals surface area contributed by atoms with E-state index in [0.717, 1.165) is 0 Å². The van der Waals surface area contributed by atoms with Crippen LogP contribution in [0.3, 0.4) is 0 Å². The van der Waals surface area contributed by atoms with Crippen LogP contribution >= 0.6 is 0 Å². The number of rotatable bonds is 2. The molecule has 0 spiro atoms. The largest absolute Gasteiger partial charge is 0.369 e. The van der Waals surface area contributed by atoms with E-state index in [9.17, 15) is 4.79 Å². The van der Waals surface area contributed by atoms with Crippen LogP contribution < -0.4 is 5.73 Å². The molecule has 4 heteroatoms. The van der Waals surface area contributed by atoms with Gasteiger partial charge in [-0.2, -0.15) is 0 Å². The van der Waals surface area contributed by atoms with Crippen LogP contribution in [0.25, 0.3) is 0 Å². The van der Waals surface area contributed by atoms with Gasteiger partial charge in [-0.3, -0.25) is 4.79 Å². The van der Waals surface area contributed by atoms with Crippen LogP contribution in [0.15, 0.2) is 6.20 Å². The third kappa shape index (κ3) is 1.15. The lowest BCUT2D eigenvalue weighted by molar-refractivity contribution is 0.0984. The molecule has 10 heavy (non-hydrogen) atoms. The SMILES string of the molecule is CCC(=O)c1cnc(N)[nH]1. The summed E-state index contributed by atoms with van der Waals surface area (Å²) in [7, 11) is 0. The summed E-state index contributed by atoms with van der Waals surface area (Å²) in [6.45, 7) is 1.79. The number of aromatic amines is 1. The molecule has 54 valence electrons. The van der Waals surface area contributed by atoms with Crippen LogP contribution in [0.2, 0.25) is 0 Å². The Bertz CT molecular complexity index is 241. The molecular weight excluding hydrogens is 130 g/mol. The van der Waals surface area contributed by atoms with Crippen molar-refractivity contribution in [2.45, 2.75) is 13.3 Å². The van der Waals surface area contributed by atoms with E-state index in [1.807, 2.05) is 0 Å². The molecule has 0 saturated heterocycles. The zero-order valence-electron chi connectivity index (χ0n) is 5.72. The molecule has 0 aliphatic rings. The molecule has 0 bridgehead atoms. The number of nitrogens with one attached hydrogen (secondary N) is 1. The molecule has 1 aromatic rings. The van der Waals surface area contributed by atoms with E-state index < -0.39 is 0 Å². The van der Waals surface area contributed by atoms with Gasteiger partial charge in [-0.25, -0.2) is 4.98 Å². The van der Waals surface area contributed by atoms with Crippen molar-refractivity contribution in [3.63, 3.8) is 0 Å². The van der Waals surface area contributed by atoms with Crippen molar-refractivity contribution in [3.8, 4) is 0 Å². The number of carbonyl (C=O) groups is 1. The summed E-state index contributed by atoms with van der Waals surface area (Å²) in [5, 5.41) is 0. The number of nitrogens with zero attached hydrogens (tertiary/aromatic N) is 1. The summed E-state index contributed by atoms with van der Waals surface area (Å²) in [5.41, 5.74) is 5.74. The Morgan fingerprint density at radius 1 is 1.90 bits per heavy atom. The molecule has 1 heterocycles. The number of hydrogen-bond donors (Lipinski definition) is 2. The van der Waals surface area contributed by atoms with Crippen LogP contribution in [0.1, 0.15) is 23.8 Å². The average molecular weight is 139 g/mol. The molecule has 0 radical (unpaired) electrons. The van der Waals surface area contributed by atoms with Gasteiger partial charge < -0.3 is 10.7 Å². The van der Waals surface area contributed by atoms with Gasteiger partial charge >= 0.3 is 0 Å². The number of nitrogen functional groups attached to an aromatic ring is 1. The van der Waals surface area contributed by atoms with E-state index in [4.69, 9.17) is 5.73 Å². The lowest BCUT2D eigenvalue weighted by Gasteiger charge is -1.87. The zero-order valence-corrected chi connectivity index (χ0v) is 5.72. The van der Waals surface area contributed by atoms with Crippen LogP contribution in [0.4, 0.5) is 5.95 Å². The fraction of sp³-hybridized carbons (Fsp3) is 0.333. The first-order chi connectivity index (χ1) is 4.74. The molecule has 0 atom stereocenters. The maximum absolute atomic E-state index is 10.9. The van der Waals surface area contributed by atoms with Crippen molar-refractivity contribution < 1.29 is 4.79 Å². The first-order valence-electron chi connectivity index (χ1n) is 3.07. The van der Waals surface area contributed by atoms with E-state index in [2.05, 4.69) is 9.97 Å². The first-order valence-corrected chi connectivity index (χ1v) is 3.07. The highest BCUT2D eigenvalue weighted by Gasteiger charge is 2.04. The Hall–Kier alpha value is -1.32. The van der Waals surface area contributed by atoms with Crippen molar-refractivity contribution in [1.82, 2.24) is 9.97 Å². The van der Waals surface area contributed by atoms with Gasteiger partial charge in [0.2, 0.25) is 0 Å². The highest BCUT2D eigenvalue weighted by Crippen LogP contribution is 2.00. The predicted molar refractivity (Wildman–Crippen MR) is 37.6 cm³/mol. The van der Waals surface area contributed by atoms with E-state index in [1.54, 1.807) is 6.92 Å². The molecular formula is C6H9N3O. The van der Waals surface area contributed by atoms with Crippen molar-refractivity contribution >= 4 is 11.7 Å². The number of anilines is 1. The molecule has 0 aliphatic heterocycles. The minimum Gasteiger partial charge on any atom is -0.369 e. The van der Waals surface area contributed by atoms with Crippen molar-refractivity contribution in [2.24, 2.45) is 0 Å². The number of ketones is 1. The van der Waals surface area contributed by atoms with Crippen LogP contribution in [-0.2, 0) is 0 Å². The van der Waals surface area contributed by atoms with Crippen molar-refractivity contribution in [3.05, 3.63) is 11.9 Å². The molecule has 4 nitrogen and oxygen atoms in total. The number of carbonyl (C=O) groups excluding carboxylic acids is 1. The fourth-order valence-corrected chi connectivity index (χ4v) is 0.669. The van der Waals surface area contributed by atoms with Gasteiger partial charge in [0.15, 0.2) is 11.7 Å². The maximum Gasteiger partial charge on any atom is 0.197 e.